The number of fused-ring (bicyclic) bond motifs is 10. The van der Waals surface area contributed by atoms with Crippen LogP contribution in [0.2, 0.25) is 0 Å². The van der Waals surface area contributed by atoms with Gasteiger partial charge in [0.05, 0.1) is 11.0 Å². The van der Waals surface area contributed by atoms with Crippen molar-refractivity contribution < 1.29 is 0 Å². The predicted octanol–water partition coefficient (Wildman–Crippen LogP) is 14.4. The Morgan fingerprint density at radius 3 is 1.48 bits per heavy atom. The van der Waals surface area contributed by atoms with Crippen molar-refractivity contribution in [1.29, 1.82) is 0 Å². The van der Waals surface area contributed by atoms with Gasteiger partial charge in [0.25, 0.3) is 0 Å². The molecule has 0 bridgehead atoms. The van der Waals surface area contributed by atoms with E-state index in [0.717, 1.165) is 5.69 Å². The first-order valence-electron chi connectivity index (χ1n) is 18.9. The Bertz CT molecular complexity index is 3060. The molecular weight excluding hydrogens is 651 g/mol. The average molecular weight is 688 g/mol. The van der Waals surface area contributed by atoms with Crippen LogP contribution >= 0.6 is 0 Å². The molecule has 1 heteroatoms. The molecule has 0 spiro atoms. The van der Waals surface area contributed by atoms with Crippen molar-refractivity contribution >= 4 is 66.3 Å². The number of rotatable bonds is 4. The minimum Gasteiger partial charge on any atom is -0.309 e. The zero-order valence-electron chi connectivity index (χ0n) is 30.3. The molecule has 9 aromatic carbocycles. The van der Waals surface area contributed by atoms with E-state index in [1.165, 1.54) is 98.6 Å². The summed E-state index contributed by atoms with van der Waals surface area (Å²) >= 11 is 0. The highest BCUT2D eigenvalue weighted by atomic mass is 15.0. The maximum absolute atomic E-state index is 2.51. The molecule has 0 radical (unpaired) electrons. The van der Waals surface area contributed by atoms with Crippen molar-refractivity contribution in [3.63, 3.8) is 0 Å². The molecular formula is C53H37N. The van der Waals surface area contributed by atoms with E-state index in [0.29, 0.717) is 0 Å². The lowest BCUT2D eigenvalue weighted by Crippen LogP contribution is -2.15. The third-order valence-electron chi connectivity index (χ3n) is 12.0. The third kappa shape index (κ3) is 4.39. The number of hydrogen-bond acceptors (Lipinski definition) is 0. The molecule has 254 valence electrons. The van der Waals surface area contributed by atoms with Crippen LogP contribution in [0.4, 0.5) is 0 Å². The first-order chi connectivity index (χ1) is 26.6. The molecule has 1 aromatic heterocycles. The van der Waals surface area contributed by atoms with Gasteiger partial charge in [-0.25, -0.2) is 0 Å². The maximum Gasteiger partial charge on any atom is 0.0541 e. The fourth-order valence-electron chi connectivity index (χ4n) is 9.50. The molecule has 1 heterocycles. The largest absolute Gasteiger partial charge is 0.309 e. The van der Waals surface area contributed by atoms with Crippen molar-refractivity contribution in [1.82, 2.24) is 4.57 Å². The van der Waals surface area contributed by atoms with Crippen LogP contribution < -0.4 is 0 Å². The second-order valence-electron chi connectivity index (χ2n) is 15.2. The van der Waals surface area contributed by atoms with Crippen LogP contribution in [-0.2, 0) is 5.41 Å². The molecule has 1 nitrogen and oxygen atoms in total. The van der Waals surface area contributed by atoms with E-state index in [4.69, 9.17) is 0 Å². The summed E-state index contributed by atoms with van der Waals surface area (Å²) in [5, 5.41) is 10.2. The molecule has 11 rings (SSSR count). The molecule has 0 saturated carbocycles. The van der Waals surface area contributed by atoms with Crippen molar-refractivity contribution in [2.45, 2.75) is 19.3 Å². The highest BCUT2D eigenvalue weighted by molar-refractivity contribution is 6.22. The van der Waals surface area contributed by atoms with Gasteiger partial charge in [0.15, 0.2) is 0 Å². The molecule has 1 aliphatic rings. The van der Waals surface area contributed by atoms with Gasteiger partial charge < -0.3 is 4.57 Å². The van der Waals surface area contributed by atoms with E-state index in [1.807, 2.05) is 0 Å². The number of para-hydroxylation sites is 2. The topological polar surface area (TPSA) is 4.93 Å². The third-order valence-corrected chi connectivity index (χ3v) is 12.0. The number of aromatic nitrogens is 1. The van der Waals surface area contributed by atoms with Crippen molar-refractivity contribution in [3.8, 4) is 27.9 Å². The van der Waals surface area contributed by atoms with Gasteiger partial charge in [-0.2, -0.15) is 0 Å². The predicted molar refractivity (Wildman–Crippen MR) is 232 cm³/mol. The Kier molecular flexibility index (Phi) is 6.66. The Hall–Kier alpha value is -6.70. The lowest BCUT2D eigenvalue weighted by Gasteiger charge is -2.24. The normalized spacial score (nSPS) is 13.4. The highest BCUT2D eigenvalue weighted by Crippen LogP contribution is 2.54. The molecule has 0 N–H and O–H groups in total. The van der Waals surface area contributed by atoms with Gasteiger partial charge in [-0.15, -0.1) is 0 Å². The van der Waals surface area contributed by atoms with Crippen LogP contribution in [0.25, 0.3) is 94.2 Å². The molecule has 54 heavy (non-hydrogen) atoms. The molecule has 0 amide bonds. The fourth-order valence-corrected chi connectivity index (χ4v) is 9.50. The van der Waals surface area contributed by atoms with Gasteiger partial charge in [-0.1, -0.05) is 172 Å². The highest BCUT2D eigenvalue weighted by Gasteiger charge is 2.37. The van der Waals surface area contributed by atoms with Crippen LogP contribution in [0.5, 0.6) is 0 Å². The van der Waals surface area contributed by atoms with E-state index < -0.39 is 0 Å². The van der Waals surface area contributed by atoms with E-state index >= 15 is 0 Å². The maximum atomic E-state index is 2.51. The quantitative estimate of drug-likeness (QED) is 0.128. The number of hydrogen-bond donors (Lipinski definition) is 0. The Morgan fingerprint density at radius 1 is 0.389 bits per heavy atom. The molecule has 1 aliphatic carbocycles. The summed E-state index contributed by atoms with van der Waals surface area (Å²) in [5.41, 5.74) is 14.1. The standard InChI is InChI=1S/C53H37N/c1-53(2)47-24-12-9-23-45(47)52-44-22-8-5-17-38(44)46(33-48(52)53)51-42-20-6-3-15-36(42)39(37-16-4-7-21-43(37)51)32-29-34-27-30-35(31-28-34)54-49-25-13-10-18-40(49)41-19-11-14-26-50(41)54/h3-33H,1-2H3. The van der Waals surface area contributed by atoms with E-state index in [-0.39, 0.29) is 5.41 Å². The molecule has 0 fully saturated rings. The van der Waals surface area contributed by atoms with Crippen LogP contribution in [0.3, 0.4) is 0 Å². The summed E-state index contributed by atoms with van der Waals surface area (Å²) in [6.45, 7) is 4.77. The Labute approximate surface area is 315 Å². The number of nitrogens with zero attached hydrogens (tertiary/aromatic N) is 1. The first-order valence-corrected chi connectivity index (χ1v) is 18.9. The zero-order valence-corrected chi connectivity index (χ0v) is 30.3. The molecule has 10 aromatic rings. The van der Waals surface area contributed by atoms with E-state index in [2.05, 4.69) is 206 Å². The lowest BCUT2D eigenvalue weighted by molar-refractivity contribution is 0.661. The van der Waals surface area contributed by atoms with Crippen LogP contribution in [0.1, 0.15) is 36.1 Å². The smallest absolute Gasteiger partial charge is 0.0541 e. The Morgan fingerprint density at radius 2 is 0.870 bits per heavy atom. The van der Waals surface area contributed by atoms with Gasteiger partial charge in [0.2, 0.25) is 0 Å². The zero-order chi connectivity index (χ0) is 36.0. The average Bonchev–Trinajstić information content (AvgIpc) is 3.68. The van der Waals surface area contributed by atoms with Gasteiger partial charge in [-0.3, -0.25) is 0 Å². The second-order valence-corrected chi connectivity index (χ2v) is 15.2. The van der Waals surface area contributed by atoms with Crippen LogP contribution in [-0.4, -0.2) is 4.57 Å². The van der Waals surface area contributed by atoms with Crippen molar-refractivity contribution in [2.24, 2.45) is 0 Å². The Balaban J connectivity index is 1.08. The van der Waals surface area contributed by atoms with Gasteiger partial charge in [-0.05, 0) is 107 Å². The summed E-state index contributed by atoms with van der Waals surface area (Å²) < 4.78 is 2.38. The number of benzene rings is 9. The van der Waals surface area contributed by atoms with Gasteiger partial charge in [0, 0.05) is 21.9 Å². The molecule has 0 saturated heterocycles. The minimum atomic E-state index is -0.101. The fraction of sp³-hybridized carbons (Fsp3) is 0.0566. The monoisotopic (exact) mass is 687 g/mol. The molecule has 0 unspecified atom stereocenters. The van der Waals surface area contributed by atoms with Crippen LogP contribution in [0, 0.1) is 0 Å². The summed E-state index contributed by atoms with van der Waals surface area (Å²) in [5.74, 6) is 0. The van der Waals surface area contributed by atoms with Crippen molar-refractivity contribution in [3.05, 3.63) is 198 Å². The summed E-state index contributed by atoms with van der Waals surface area (Å²) in [7, 11) is 0. The lowest BCUT2D eigenvalue weighted by atomic mass is 9.79. The summed E-state index contributed by atoms with van der Waals surface area (Å²) in [6, 6.07) is 64.8. The van der Waals surface area contributed by atoms with E-state index in [9.17, 15) is 0 Å². The minimum absolute atomic E-state index is 0.101. The van der Waals surface area contributed by atoms with E-state index in [1.54, 1.807) is 0 Å². The van der Waals surface area contributed by atoms with Crippen molar-refractivity contribution in [2.75, 3.05) is 0 Å². The molecule has 0 aliphatic heterocycles. The first kappa shape index (κ1) is 30.9. The SMILES string of the molecule is CC1(C)c2ccccc2-c2c1cc(-c1c3ccccc3c(C=Cc3ccc(-n4c5ccccc5c5ccccc54)cc3)c3ccccc13)c1ccccc21. The van der Waals surface area contributed by atoms with Gasteiger partial charge in [0.1, 0.15) is 0 Å². The van der Waals surface area contributed by atoms with Gasteiger partial charge >= 0.3 is 0 Å². The molecule has 0 atom stereocenters. The summed E-state index contributed by atoms with van der Waals surface area (Å²) in [4.78, 5) is 0. The summed E-state index contributed by atoms with van der Waals surface area (Å²) in [6.07, 6.45) is 4.60. The second kappa shape index (κ2) is 11.7. The van der Waals surface area contributed by atoms with Crippen LogP contribution in [0.15, 0.2) is 176 Å².